The van der Waals surface area contributed by atoms with Gasteiger partial charge in [-0.3, -0.25) is 10.1 Å². The molecule has 5 heteroatoms. The van der Waals surface area contributed by atoms with Crippen molar-refractivity contribution in [2.75, 3.05) is 26.7 Å². The Hall–Kier alpha value is -1.10. The van der Waals surface area contributed by atoms with Crippen molar-refractivity contribution >= 4 is 17.5 Å². The molecule has 0 aromatic heterocycles. The van der Waals surface area contributed by atoms with Crippen molar-refractivity contribution in [3.63, 3.8) is 0 Å². The minimum absolute atomic E-state index is 0.0173. The molecule has 1 aromatic rings. The van der Waals surface area contributed by atoms with E-state index in [-0.39, 0.29) is 12.1 Å². The van der Waals surface area contributed by atoms with Crippen molar-refractivity contribution in [3.05, 3.63) is 34.9 Å². The maximum absolute atomic E-state index is 12.2. The molecule has 0 bridgehead atoms. The first-order chi connectivity index (χ1) is 9.65. The minimum Gasteiger partial charge on any atom is -0.318 e. The molecule has 3 rings (SSSR count). The number of carbonyl (C=O) groups is 1. The summed E-state index contributed by atoms with van der Waals surface area (Å²) < 4.78 is 0. The Morgan fingerprint density at radius 3 is 2.75 bits per heavy atom. The van der Waals surface area contributed by atoms with E-state index < -0.39 is 0 Å². The van der Waals surface area contributed by atoms with E-state index in [2.05, 4.69) is 17.3 Å². The molecule has 2 fully saturated rings. The number of halogens is 1. The quantitative estimate of drug-likeness (QED) is 0.904. The van der Waals surface area contributed by atoms with Gasteiger partial charge in [0.15, 0.2) is 0 Å². The highest BCUT2D eigenvalue weighted by molar-refractivity contribution is 6.30. The van der Waals surface area contributed by atoms with Crippen LogP contribution in [0.3, 0.4) is 0 Å². The van der Waals surface area contributed by atoms with Gasteiger partial charge in [-0.2, -0.15) is 0 Å². The van der Waals surface area contributed by atoms with Crippen LogP contribution in [-0.4, -0.2) is 48.4 Å². The van der Waals surface area contributed by atoms with Crippen molar-refractivity contribution in [1.82, 2.24) is 15.1 Å². The first-order valence-corrected chi connectivity index (χ1v) is 7.51. The summed E-state index contributed by atoms with van der Waals surface area (Å²) in [4.78, 5) is 16.6. The van der Waals surface area contributed by atoms with Gasteiger partial charge in [0.05, 0.1) is 6.54 Å². The molecule has 1 N–H and O–H groups in total. The summed E-state index contributed by atoms with van der Waals surface area (Å²) in [7, 11) is 2.12. The number of piperidine rings is 1. The first kappa shape index (κ1) is 13.9. The molecule has 2 saturated heterocycles. The van der Waals surface area contributed by atoms with Gasteiger partial charge in [0.2, 0.25) is 5.91 Å². The van der Waals surface area contributed by atoms with Gasteiger partial charge < -0.3 is 9.80 Å². The molecule has 4 nitrogen and oxygen atoms in total. The number of likely N-dealkylation sites (tertiary alicyclic amines) is 1. The summed E-state index contributed by atoms with van der Waals surface area (Å²) >= 11 is 5.94. The fourth-order valence-corrected chi connectivity index (χ4v) is 3.35. The number of amides is 1. The van der Waals surface area contributed by atoms with Crippen molar-refractivity contribution in [2.45, 2.75) is 25.0 Å². The standard InChI is InChI=1S/C15H20ClN3O/c1-18-8-2-3-13(10-18)19-14(20)9-17-15(19)11-4-6-12(16)7-5-11/h4-7,13,15,17H,2-3,8-10H2,1H3. The van der Waals surface area contributed by atoms with E-state index in [9.17, 15) is 4.79 Å². The Bertz CT molecular complexity index is 490. The van der Waals surface area contributed by atoms with E-state index in [1.165, 1.54) is 0 Å². The molecule has 2 aliphatic rings. The summed E-state index contributed by atoms with van der Waals surface area (Å²) in [5.41, 5.74) is 1.11. The highest BCUT2D eigenvalue weighted by Gasteiger charge is 2.37. The third-order valence-electron chi connectivity index (χ3n) is 4.19. The number of nitrogens with one attached hydrogen (secondary N) is 1. The van der Waals surface area contributed by atoms with Gasteiger partial charge in [0.25, 0.3) is 0 Å². The number of rotatable bonds is 2. The van der Waals surface area contributed by atoms with Crippen LogP contribution in [0.2, 0.25) is 5.02 Å². The predicted octanol–water partition coefficient (Wildman–Crippen LogP) is 1.86. The van der Waals surface area contributed by atoms with Gasteiger partial charge in [-0.1, -0.05) is 23.7 Å². The Kier molecular flexibility index (Phi) is 3.96. The topological polar surface area (TPSA) is 35.6 Å². The summed E-state index contributed by atoms with van der Waals surface area (Å²) in [5, 5.41) is 4.04. The molecule has 2 heterocycles. The van der Waals surface area contributed by atoms with Gasteiger partial charge in [-0.05, 0) is 44.1 Å². The van der Waals surface area contributed by atoms with Crippen LogP contribution < -0.4 is 5.32 Å². The van der Waals surface area contributed by atoms with Crippen LogP contribution in [0, 0.1) is 0 Å². The second kappa shape index (κ2) is 5.72. The molecule has 20 heavy (non-hydrogen) atoms. The maximum atomic E-state index is 12.2. The van der Waals surface area contributed by atoms with E-state index in [1.807, 2.05) is 29.2 Å². The lowest BCUT2D eigenvalue weighted by Gasteiger charge is -2.38. The first-order valence-electron chi connectivity index (χ1n) is 7.14. The van der Waals surface area contributed by atoms with E-state index in [0.29, 0.717) is 12.6 Å². The largest absolute Gasteiger partial charge is 0.318 e. The maximum Gasteiger partial charge on any atom is 0.238 e. The SMILES string of the molecule is CN1CCCC(N2C(=O)CNC2c2ccc(Cl)cc2)C1. The molecule has 2 unspecified atom stereocenters. The molecule has 1 aromatic carbocycles. The van der Waals surface area contributed by atoms with Crippen LogP contribution in [0.1, 0.15) is 24.6 Å². The number of benzene rings is 1. The zero-order valence-electron chi connectivity index (χ0n) is 11.7. The van der Waals surface area contributed by atoms with Gasteiger partial charge in [-0.15, -0.1) is 0 Å². The molecule has 0 aliphatic carbocycles. The van der Waals surface area contributed by atoms with Crippen LogP contribution >= 0.6 is 11.6 Å². The summed E-state index contributed by atoms with van der Waals surface area (Å²) in [6.07, 6.45) is 2.22. The van der Waals surface area contributed by atoms with Crippen LogP contribution in [0.25, 0.3) is 0 Å². The number of likely N-dealkylation sites (N-methyl/N-ethyl adjacent to an activating group) is 1. The molecule has 2 aliphatic heterocycles. The second-order valence-electron chi connectivity index (χ2n) is 5.69. The fourth-order valence-electron chi connectivity index (χ4n) is 3.22. The smallest absolute Gasteiger partial charge is 0.238 e. The van der Waals surface area contributed by atoms with Crippen molar-refractivity contribution in [3.8, 4) is 0 Å². The summed E-state index contributed by atoms with van der Waals surface area (Å²) in [5.74, 6) is 0.199. The average Bonchev–Trinajstić information content (AvgIpc) is 2.81. The summed E-state index contributed by atoms with van der Waals surface area (Å²) in [6.45, 7) is 2.50. The Balaban J connectivity index is 1.82. The van der Waals surface area contributed by atoms with Crippen LogP contribution in [0.5, 0.6) is 0 Å². The lowest BCUT2D eigenvalue weighted by molar-refractivity contribution is -0.131. The third kappa shape index (κ3) is 2.68. The Morgan fingerprint density at radius 2 is 2.05 bits per heavy atom. The number of carbonyl (C=O) groups excluding carboxylic acids is 1. The van der Waals surface area contributed by atoms with E-state index in [1.54, 1.807) is 0 Å². The van der Waals surface area contributed by atoms with Crippen molar-refractivity contribution < 1.29 is 4.79 Å². The van der Waals surface area contributed by atoms with E-state index >= 15 is 0 Å². The third-order valence-corrected chi connectivity index (χ3v) is 4.44. The number of nitrogens with zero attached hydrogens (tertiary/aromatic N) is 2. The molecule has 1 amide bonds. The highest BCUT2D eigenvalue weighted by Crippen LogP contribution is 2.29. The molecule has 0 saturated carbocycles. The predicted molar refractivity (Wildman–Crippen MR) is 79.6 cm³/mol. The average molecular weight is 294 g/mol. The highest BCUT2D eigenvalue weighted by atomic mass is 35.5. The van der Waals surface area contributed by atoms with Crippen molar-refractivity contribution in [1.29, 1.82) is 0 Å². The lowest BCUT2D eigenvalue weighted by atomic mass is 10.0. The van der Waals surface area contributed by atoms with E-state index in [4.69, 9.17) is 11.6 Å². The van der Waals surface area contributed by atoms with Gasteiger partial charge in [0, 0.05) is 17.6 Å². The molecular formula is C15H20ClN3O. The number of hydrogen-bond donors (Lipinski definition) is 1. The monoisotopic (exact) mass is 293 g/mol. The molecule has 0 spiro atoms. The minimum atomic E-state index is -0.0173. The van der Waals surface area contributed by atoms with Crippen molar-refractivity contribution in [2.24, 2.45) is 0 Å². The lowest BCUT2D eigenvalue weighted by Crippen LogP contribution is -2.48. The van der Waals surface area contributed by atoms with Gasteiger partial charge >= 0.3 is 0 Å². The van der Waals surface area contributed by atoms with Crippen LogP contribution in [-0.2, 0) is 4.79 Å². The summed E-state index contributed by atoms with van der Waals surface area (Å²) in [6, 6.07) is 8.06. The molecular weight excluding hydrogens is 274 g/mol. The Morgan fingerprint density at radius 1 is 1.30 bits per heavy atom. The molecule has 2 atom stereocenters. The zero-order valence-corrected chi connectivity index (χ0v) is 12.4. The number of hydrogen-bond acceptors (Lipinski definition) is 3. The molecule has 108 valence electrons. The zero-order chi connectivity index (χ0) is 14.1. The van der Waals surface area contributed by atoms with E-state index in [0.717, 1.165) is 36.5 Å². The van der Waals surface area contributed by atoms with Gasteiger partial charge in [-0.25, -0.2) is 0 Å². The van der Waals surface area contributed by atoms with Gasteiger partial charge in [0.1, 0.15) is 6.17 Å². The molecule has 0 radical (unpaired) electrons. The fraction of sp³-hybridized carbons (Fsp3) is 0.533. The Labute approximate surface area is 124 Å². The van der Waals surface area contributed by atoms with Crippen LogP contribution in [0.15, 0.2) is 24.3 Å². The second-order valence-corrected chi connectivity index (χ2v) is 6.13. The van der Waals surface area contributed by atoms with Crippen LogP contribution in [0.4, 0.5) is 0 Å². The normalized spacial score (nSPS) is 28.1.